The van der Waals surface area contributed by atoms with Gasteiger partial charge in [-0.25, -0.2) is 0 Å². The number of halogens is 1. The molecule has 2 amide bonds. The van der Waals surface area contributed by atoms with Crippen molar-refractivity contribution < 1.29 is 19.1 Å². The summed E-state index contributed by atoms with van der Waals surface area (Å²) in [5, 5.41) is 0. The average molecular weight is 463 g/mol. The summed E-state index contributed by atoms with van der Waals surface area (Å²) in [5.74, 6) is 1.05. The molecule has 7 heteroatoms. The van der Waals surface area contributed by atoms with Crippen LogP contribution in [0, 0.1) is 5.92 Å². The third kappa shape index (κ3) is 7.42. The highest BCUT2D eigenvalue weighted by atomic mass is 79.9. The summed E-state index contributed by atoms with van der Waals surface area (Å²) in [7, 11) is 0. The number of amides is 2. The normalized spacial score (nSPS) is 10.7. The Balaban J connectivity index is 1.83. The maximum atomic E-state index is 12.2. The van der Waals surface area contributed by atoms with Gasteiger partial charge in [0.15, 0.2) is 6.61 Å². The van der Waals surface area contributed by atoms with Crippen molar-refractivity contribution in [3.05, 3.63) is 58.1 Å². The van der Waals surface area contributed by atoms with E-state index in [1.807, 2.05) is 32.0 Å². The Morgan fingerprint density at radius 3 is 2.41 bits per heavy atom. The highest BCUT2D eigenvalue weighted by Gasteiger charge is 2.11. The minimum Gasteiger partial charge on any atom is -0.493 e. The van der Waals surface area contributed by atoms with Crippen molar-refractivity contribution in [1.29, 1.82) is 0 Å². The Hall–Kier alpha value is -2.54. The van der Waals surface area contributed by atoms with Crippen LogP contribution in [0.2, 0.25) is 0 Å². The maximum absolute atomic E-state index is 12.2. The lowest BCUT2D eigenvalue weighted by Gasteiger charge is -2.12. The molecule has 0 aliphatic rings. The molecule has 29 heavy (non-hydrogen) atoms. The Bertz CT molecular complexity index is 852. The van der Waals surface area contributed by atoms with Crippen molar-refractivity contribution in [3.63, 3.8) is 0 Å². The minimum absolute atomic E-state index is 0.225. The maximum Gasteiger partial charge on any atom is 0.276 e. The fourth-order valence-corrected chi connectivity index (χ4v) is 2.87. The molecule has 2 aromatic carbocycles. The molecule has 2 N–H and O–H groups in total. The van der Waals surface area contributed by atoms with Gasteiger partial charge >= 0.3 is 0 Å². The fraction of sp³-hybridized carbons (Fsp3) is 0.364. The number of nitrogens with one attached hydrogen (secondary N) is 2. The summed E-state index contributed by atoms with van der Waals surface area (Å²) in [6, 6.07) is 12.5. The van der Waals surface area contributed by atoms with Crippen LogP contribution < -0.4 is 20.3 Å². The van der Waals surface area contributed by atoms with Gasteiger partial charge < -0.3 is 9.47 Å². The second kappa shape index (κ2) is 10.9. The van der Waals surface area contributed by atoms with Crippen LogP contribution in [-0.2, 0) is 4.79 Å². The van der Waals surface area contributed by atoms with Gasteiger partial charge in [0.05, 0.1) is 11.1 Å². The summed E-state index contributed by atoms with van der Waals surface area (Å²) in [4.78, 5) is 24.2. The molecule has 0 saturated carbocycles. The Kier molecular flexibility index (Phi) is 8.51. The third-order valence-corrected chi connectivity index (χ3v) is 4.60. The molecule has 0 fully saturated rings. The average Bonchev–Trinajstić information content (AvgIpc) is 2.69. The summed E-state index contributed by atoms with van der Waals surface area (Å²) in [6.07, 6.45) is 0. The van der Waals surface area contributed by atoms with E-state index in [2.05, 4.69) is 40.6 Å². The van der Waals surface area contributed by atoms with Crippen LogP contribution in [0.1, 0.15) is 49.5 Å². The van der Waals surface area contributed by atoms with Gasteiger partial charge in [-0.2, -0.15) is 0 Å². The molecule has 0 spiro atoms. The number of benzene rings is 2. The lowest BCUT2D eigenvalue weighted by atomic mass is 10.0. The van der Waals surface area contributed by atoms with Crippen molar-refractivity contribution in [2.24, 2.45) is 5.92 Å². The fourth-order valence-electron chi connectivity index (χ4n) is 2.36. The van der Waals surface area contributed by atoms with Crippen molar-refractivity contribution >= 4 is 27.7 Å². The zero-order valence-corrected chi connectivity index (χ0v) is 18.7. The van der Waals surface area contributed by atoms with E-state index in [1.54, 1.807) is 24.3 Å². The predicted octanol–water partition coefficient (Wildman–Crippen LogP) is 4.45. The smallest absolute Gasteiger partial charge is 0.276 e. The first-order valence-electron chi connectivity index (χ1n) is 9.50. The molecule has 156 valence electrons. The van der Waals surface area contributed by atoms with Crippen LogP contribution in [0.4, 0.5) is 0 Å². The van der Waals surface area contributed by atoms with Gasteiger partial charge in [0, 0.05) is 5.56 Å². The lowest BCUT2D eigenvalue weighted by Crippen LogP contribution is -2.43. The van der Waals surface area contributed by atoms with Crippen LogP contribution in [0.3, 0.4) is 0 Å². The number of hydrogen-bond acceptors (Lipinski definition) is 4. The Morgan fingerprint density at radius 1 is 1.00 bits per heavy atom. The summed E-state index contributed by atoms with van der Waals surface area (Å²) in [6.45, 7) is 8.64. The van der Waals surface area contributed by atoms with Gasteiger partial charge in [-0.1, -0.05) is 39.8 Å². The zero-order chi connectivity index (χ0) is 21.4. The summed E-state index contributed by atoms with van der Waals surface area (Å²) >= 11 is 3.45. The first kappa shape index (κ1) is 22.7. The van der Waals surface area contributed by atoms with Gasteiger partial charge in [0.25, 0.3) is 11.8 Å². The van der Waals surface area contributed by atoms with E-state index in [4.69, 9.17) is 9.47 Å². The number of hydrogen-bond donors (Lipinski definition) is 2. The van der Waals surface area contributed by atoms with Crippen molar-refractivity contribution in [3.8, 4) is 11.5 Å². The van der Waals surface area contributed by atoms with E-state index in [9.17, 15) is 9.59 Å². The van der Waals surface area contributed by atoms with Gasteiger partial charge in [-0.15, -0.1) is 0 Å². The second-order valence-electron chi connectivity index (χ2n) is 7.37. The number of hydrazine groups is 1. The van der Waals surface area contributed by atoms with Gasteiger partial charge in [0.2, 0.25) is 0 Å². The number of ether oxygens (including phenoxy) is 2. The molecule has 0 unspecified atom stereocenters. The van der Waals surface area contributed by atoms with Crippen LogP contribution in [0.25, 0.3) is 0 Å². The minimum atomic E-state index is -0.467. The van der Waals surface area contributed by atoms with Gasteiger partial charge in [-0.3, -0.25) is 20.4 Å². The largest absolute Gasteiger partial charge is 0.493 e. The first-order valence-corrected chi connectivity index (χ1v) is 10.3. The molecule has 2 aromatic rings. The Labute approximate surface area is 180 Å². The number of carbonyl (C=O) groups excluding carboxylic acids is 2. The highest BCUT2D eigenvalue weighted by molar-refractivity contribution is 9.10. The van der Waals surface area contributed by atoms with Crippen LogP contribution >= 0.6 is 15.9 Å². The standard InChI is InChI=1S/C22H27BrN2O4/c1-14(2)12-28-18-7-5-6-17(10-18)22(27)25-24-21(26)13-29-20-9-8-16(15(3)4)11-19(20)23/h5-11,14-15H,12-13H2,1-4H3,(H,24,26)(H,25,27). The number of rotatable bonds is 8. The lowest BCUT2D eigenvalue weighted by molar-refractivity contribution is -0.123. The first-order chi connectivity index (χ1) is 13.8. The molecule has 0 heterocycles. The second-order valence-corrected chi connectivity index (χ2v) is 8.22. The molecule has 0 saturated heterocycles. The molecule has 0 aliphatic carbocycles. The van der Waals surface area contributed by atoms with Gasteiger partial charge in [-0.05, 0) is 63.7 Å². The van der Waals surface area contributed by atoms with E-state index in [-0.39, 0.29) is 6.61 Å². The molecular weight excluding hydrogens is 436 g/mol. The molecule has 0 atom stereocenters. The Morgan fingerprint density at radius 2 is 1.76 bits per heavy atom. The van der Waals surface area contributed by atoms with E-state index in [0.29, 0.717) is 35.5 Å². The van der Waals surface area contributed by atoms with Crippen molar-refractivity contribution in [2.45, 2.75) is 33.6 Å². The molecular formula is C22H27BrN2O4. The van der Waals surface area contributed by atoms with E-state index >= 15 is 0 Å². The van der Waals surface area contributed by atoms with Gasteiger partial charge in [0.1, 0.15) is 11.5 Å². The molecule has 0 aromatic heterocycles. The monoisotopic (exact) mass is 462 g/mol. The quantitative estimate of drug-likeness (QED) is 0.568. The molecule has 0 radical (unpaired) electrons. The summed E-state index contributed by atoms with van der Waals surface area (Å²) < 4.78 is 11.9. The highest BCUT2D eigenvalue weighted by Crippen LogP contribution is 2.28. The van der Waals surface area contributed by atoms with E-state index in [0.717, 1.165) is 4.47 Å². The van der Waals surface area contributed by atoms with Crippen molar-refractivity contribution in [2.75, 3.05) is 13.2 Å². The van der Waals surface area contributed by atoms with Crippen LogP contribution in [0.5, 0.6) is 11.5 Å². The number of carbonyl (C=O) groups is 2. The zero-order valence-electron chi connectivity index (χ0n) is 17.1. The molecule has 2 rings (SSSR count). The van der Waals surface area contributed by atoms with Crippen LogP contribution in [0.15, 0.2) is 46.9 Å². The van der Waals surface area contributed by atoms with Crippen molar-refractivity contribution in [1.82, 2.24) is 10.9 Å². The third-order valence-electron chi connectivity index (χ3n) is 3.98. The van der Waals surface area contributed by atoms with E-state index in [1.165, 1.54) is 5.56 Å². The topological polar surface area (TPSA) is 76.7 Å². The molecule has 0 bridgehead atoms. The molecule has 6 nitrogen and oxygen atoms in total. The SMILES string of the molecule is CC(C)COc1cccc(C(=O)NNC(=O)COc2ccc(C(C)C)cc2Br)c1. The molecule has 0 aliphatic heterocycles. The van der Waals surface area contributed by atoms with E-state index < -0.39 is 11.8 Å². The predicted molar refractivity (Wildman–Crippen MR) is 116 cm³/mol. The summed E-state index contributed by atoms with van der Waals surface area (Å²) in [5.41, 5.74) is 6.29. The van der Waals surface area contributed by atoms with Crippen LogP contribution in [-0.4, -0.2) is 25.0 Å².